The Balaban J connectivity index is 2.88. The molecule has 1 N–H and O–H groups in total. The van der Waals surface area contributed by atoms with E-state index in [4.69, 9.17) is 9.84 Å². The van der Waals surface area contributed by atoms with Gasteiger partial charge in [-0.15, -0.1) is 0 Å². The van der Waals surface area contributed by atoms with E-state index in [9.17, 15) is 9.18 Å². The lowest BCUT2D eigenvalue weighted by molar-refractivity contribution is -0.134. The number of ether oxygens (including phenoxy) is 1. The van der Waals surface area contributed by atoms with Crippen molar-refractivity contribution in [3.63, 3.8) is 0 Å². The molecule has 1 rings (SSSR count). The van der Waals surface area contributed by atoms with Gasteiger partial charge in [0.15, 0.2) is 0 Å². The molecule has 0 fully saturated rings. The topological polar surface area (TPSA) is 46.5 Å². The maximum absolute atomic E-state index is 12.6. The van der Waals surface area contributed by atoms with Crippen LogP contribution in [0.25, 0.3) is 6.08 Å². The van der Waals surface area contributed by atoms with Crippen molar-refractivity contribution in [3.8, 4) is 5.75 Å². The van der Waals surface area contributed by atoms with Crippen LogP contribution in [-0.4, -0.2) is 18.2 Å². The van der Waals surface area contributed by atoms with Gasteiger partial charge in [0.25, 0.3) is 0 Å². The average Bonchev–Trinajstić information content (AvgIpc) is 2.19. The smallest absolute Gasteiger partial charge is 0.364 e. The van der Waals surface area contributed by atoms with Crippen LogP contribution in [-0.2, 0) is 4.79 Å². The predicted octanol–water partition coefficient (Wildman–Crippen LogP) is 2.09. The summed E-state index contributed by atoms with van der Waals surface area (Å²) in [7, 11) is 1.52. The summed E-state index contributed by atoms with van der Waals surface area (Å²) >= 11 is 0. The zero-order valence-corrected chi connectivity index (χ0v) is 7.53. The molecule has 0 heterocycles. The molecule has 4 heteroatoms. The summed E-state index contributed by atoms with van der Waals surface area (Å²) in [5.41, 5.74) is 0.478. The number of carboxylic acid groups (broad SMARTS) is 1. The first-order chi connectivity index (χ1) is 6.63. The van der Waals surface area contributed by atoms with Crippen LogP contribution in [0.3, 0.4) is 0 Å². The first-order valence-electron chi connectivity index (χ1n) is 3.88. The number of rotatable bonds is 3. The van der Waals surface area contributed by atoms with Gasteiger partial charge in [-0.1, -0.05) is 12.1 Å². The molecule has 0 bridgehead atoms. The molecule has 74 valence electrons. The van der Waals surface area contributed by atoms with E-state index in [0.29, 0.717) is 11.3 Å². The van der Waals surface area contributed by atoms with Crippen LogP contribution in [0.1, 0.15) is 5.56 Å². The van der Waals surface area contributed by atoms with Crippen molar-refractivity contribution >= 4 is 12.0 Å². The molecule has 0 saturated carbocycles. The van der Waals surface area contributed by atoms with Crippen LogP contribution in [0.4, 0.5) is 4.39 Å². The molecular weight excluding hydrogens is 187 g/mol. The summed E-state index contributed by atoms with van der Waals surface area (Å²) < 4.78 is 17.5. The summed E-state index contributed by atoms with van der Waals surface area (Å²) in [6.45, 7) is 0. The first kappa shape index (κ1) is 10.2. The molecule has 14 heavy (non-hydrogen) atoms. The van der Waals surface area contributed by atoms with Crippen LogP contribution in [0.15, 0.2) is 30.1 Å². The van der Waals surface area contributed by atoms with Gasteiger partial charge >= 0.3 is 5.97 Å². The van der Waals surface area contributed by atoms with E-state index in [1.54, 1.807) is 24.3 Å². The molecule has 0 unspecified atom stereocenters. The molecule has 0 saturated heterocycles. The Morgan fingerprint density at radius 2 is 2.00 bits per heavy atom. The van der Waals surface area contributed by atoms with Crippen LogP contribution in [0.2, 0.25) is 0 Å². The molecule has 0 spiro atoms. The zero-order valence-electron chi connectivity index (χ0n) is 7.53. The third-order valence-corrected chi connectivity index (χ3v) is 1.61. The zero-order chi connectivity index (χ0) is 10.6. The average molecular weight is 196 g/mol. The number of halogens is 1. The van der Waals surface area contributed by atoms with Crippen molar-refractivity contribution < 1.29 is 19.0 Å². The van der Waals surface area contributed by atoms with Gasteiger partial charge in [-0.3, -0.25) is 0 Å². The van der Waals surface area contributed by atoms with Gasteiger partial charge in [-0.2, -0.15) is 4.39 Å². The molecule has 1 aromatic carbocycles. The van der Waals surface area contributed by atoms with Crippen LogP contribution in [0, 0.1) is 0 Å². The number of aliphatic carboxylic acids is 1. The molecule has 0 aliphatic rings. The second-order valence-corrected chi connectivity index (χ2v) is 2.57. The highest BCUT2D eigenvalue weighted by atomic mass is 19.1. The SMILES string of the molecule is COc1ccc(/C=C(/F)C(=O)O)cc1. The molecule has 0 aliphatic heterocycles. The molecule has 0 aliphatic carbocycles. The van der Waals surface area contributed by atoms with Gasteiger partial charge in [0.1, 0.15) is 5.75 Å². The molecule has 1 aromatic rings. The molecule has 0 atom stereocenters. The van der Waals surface area contributed by atoms with Gasteiger partial charge in [0, 0.05) is 0 Å². The second kappa shape index (κ2) is 4.41. The molecule has 0 aromatic heterocycles. The first-order valence-corrected chi connectivity index (χ1v) is 3.88. The van der Waals surface area contributed by atoms with E-state index in [-0.39, 0.29) is 0 Å². The van der Waals surface area contributed by atoms with Crippen molar-refractivity contribution in [1.82, 2.24) is 0 Å². The highest BCUT2D eigenvalue weighted by molar-refractivity contribution is 5.89. The largest absolute Gasteiger partial charge is 0.497 e. The summed E-state index contributed by atoms with van der Waals surface area (Å²) in [5, 5.41) is 8.28. The summed E-state index contributed by atoms with van der Waals surface area (Å²) in [6.07, 6.45) is 0.946. The summed E-state index contributed by atoms with van der Waals surface area (Å²) in [4.78, 5) is 10.2. The third-order valence-electron chi connectivity index (χ3n) is 1.61. The van der Waals surface area contributed by atoms with Crippen molar-refractivity contribution in [3.05, 3.63) is 35.7 Å². The molecule has 3 nitrogen and oxygen atoms in total. The number of hydrogen-bond acceptors (Lipinski definition) is 2. The van der Waals surface area contributed by atoms with E-state index in [2.05, 4.69) is 0 Å². The fourth-order valence-corrected chi connectivity index (χ4v) is 0.908. The molecule has 0 radical (unpaired) electrons. The standard InChI is InChI=1S/C10H9FO3/c1-14-8-4-2-7(3-5-8)6-9(11)10(12)13/h2-6H,1H3,(H,12,13)/b9-6+. The minimum atomic E-state index is -1.57. The normalized spacial score (nSPS) is 11.1. The van der Waals surface area contributed by atoms with E-state index >= 15 is 0 Å². The number of carboxylic acids is 1. The Kier molecular flexibility index (Phi) is 3.23. The maximum Gasteiger partial charge on any atom is 0.364 e. The fourth-order valence-electron chi connectivity index (χ4n) is 0.908. The van der Waals surface area contributed by atoms with Gasteiger partial charge in [-0.25, -0.2) is 4.79 Å². The van der Waals surface area contributed by atoms with Crippen molar-refractivity contribution in [2.75, 3.05) is 7.11 Å². The van der Waals surface area contributed by atoms with E-state index in [0.717, 1.165) is 6.08 Å². The quantitative estimate of drug-likeness (QED) is 0.753. The van der Waals surface area contributed by atoms with E-state index < -0.39 is 11.8 Å². The second-order valence-electron chi connectivity index (χ2n) is 2.57. The Bertz CT molecular complexity index is 354. The molecular formula is C10H9FO3. The van der Waals surface area contributed by atoms with Crippen LogP contribution in [0.5, 0.6) is 5.75 Å². The Hall–Kier alpha value is -1.84. The Morgan fingerprint density at radius 3 is 2.43 bits per heavy atom. The molecule has 0 amide bonds. The van der Waals surface area contributed by atoms with Crippen LogP contribution < -0.4 is 4.74 Å². The number of hydrogen-bond donors (Lipinski definition) is 1. The van der Waals surface area contributed by atoms with Gasteiger partial charge in [0.05, 0.1) is 7.11 Å². The Morgan fingerprint density at radius 1 is 1.43 bits per heavy atom. The number of carbonyl (C=O) groups is 1. The van der Waals surface area contributed by atoms with E-state index in [1.165, 1.54) is 7.11 Å². The van der Waals surface area contributed by atoms with Crippen molar-refractivity contribution in [1.29, 1.82) is 0 Å². The highest BCUT2D eigenvalue weighted by Crippen LogP contribution is 2.14. The lowest BCUT2D eigenvalue weighted by Gasteiger charge is -1.98. The van der Waals surface area contributed by atoms with Gasteiger partial charge in [0.2, 0.25) is 5.83 Å². The minimum absolute atomic E-state index is 0.478. The van der Waals surface area contributed by atoms with Gasteiger partial charge < -0.3 is 9.84 Å². The highest BCUT2D eigenvalue weighted by Gasteiger charge is 2.04. The van der Waals surface area contributed by atoms with Crippen molar-refractivity contribution in [2.24, 2.45) is 0 Å². The Labute approximate surface area is 80.4 Å². The van der Waals surface area contributed by atoms with Gasteiger partial charge in [-0.05, 0) is 23.8 Å². The maximum atomic E-state index is 12.6. The predicted molar refractivity (Wildman–Crippen MR) is 49.7 cm³/mol. The monoisotopic (exact) mass is 196 g/mol. The lowest BCUT2D eigenvalue weighted by Crippen LogP contribution is -1.93. The number of methoxy groups -OCH3 is 1. The van der Waals surface area contributed by atoms with E-state index in [1.807, 2.05) is 0 Å². The summed E-state index contributed by atoms with van der Waals surface area (Å²) in [5.74, 6) is -2.12. The summed E-state index contributed by atoms with van der Waals surface area (Å²) in [6, 6.07) is 6.39. The third kappa shape index (κ3) is 2.58. The fraction of sp³-hybridized carbons (Fsp3) is 0.100. The lowest BCUT2D eigenvalue weighted by atomic mass is 10.2. The van der Waals surface area contributed by atoms with Crippen LogP contribution >= 0.6 is 0 Å². The number of benzene rings is 1. The van der Waals surface area contributed by atoms with Crippen molar-refractivity contribution in [2.45, 2.75) is 0 Å². The minimum Gasteiger partial charge on any atom is -0.497 e.